The largest absolute Gasteiger partial charge is 0.491 e. The van der Waals surface area contributed by atoms with Crippen LogP contribution >= 0.6 is 0 Å². The summed E-state index contributed by atoms with van der Waals surface area (Å²) in [5, 5.41) is 1.99. The van der Waals surface area contributed by atoms with Gasteiger partial charge in [0.2, 0.25) is 0 Å². The van der Waals surface area contributed by atoms with Crippen LogP contribution < -0.4 is 9.47 Å². The van der Waals surface area contributed by atoms with Gasteiger partial charge < -0.3 is 23.7 Å². The quantitative estimate of drug-likeness (QED) is 0.261. The fraction of sp³-hybridized carbons (Fsp3) is 0.381. The fourth-order valence-electron chi connectivity index (χ4n) is 2.48. The molecule has 0 amide bonds. The maximum absolute atomic E-state index is 11.2. The third-order valence-electron chi connectivity index (χ3n) is 3.96. The molecule has 1 saturated heterocycles. The summed E-state index contributed by atoms with van der Waals surface area (Å²) in [5.74, 6) is 1.19. The third kappa shape index (κ3) is 5.70. The third-order valence-corrected chi connectivity index (χ3v) is 3.96. The lowest BCUT2D eigenvalue weighted by Gasteiger charge is -2.12. The van der Waals surface area contributed by atoms with Gasteiger partial charge in [0.15, 0.2) is 0 Å². The van der Waals surface area contributed by atoms with Crippen molar-refractivity contribution in [2.45, 2.75) is 13.0 Å². The van der Waals surface area contributed by atoms with Crippen LogP contribution in [0.5, 0.6) is 11.5 Å². The summed E-state index contributed by atoms with van der Waals surface area (Å²) in [5.41, 5.74) is 0.377. The summed E-state index contributed by atoms with van der Waals surface area (Å²) >= 11 is 0. The molecular formula is C21H24O6. The maximum Gasteiger partial charge on any atom is 0.333 e. The Bertz CT molecular complexity index is 796. The first-order valence-electron chi connectivity index (χ1n) is 8.94. The van der Waals surface area contributed by atoms with Gasteiger partial charge in [-0.2, -0.15) is 0 Å². The average molecular weight is 372 g/mol. The predicted molar refractivity (Wildman–Crippen MR) is 101 cm³/mol. The number of ether oxygens (including phenoxy) is 5. The normalized spacial score (nSPS) is 15.4. The SMILES string of the molecule is C=C(C)C(=O)OCCOCCOc1cccc2c(OCC3CO3)cccc12. The Hall–Kier alpha value is -2.57. The van der Waals surface area contributed by atoms with E-state index < -0.39 is 5.97 Å². The van der Waals surface area contributed by atoms with Gasteiger partial charge in [0.25, 0.3) is 0 Å². The van der Waals surface area contributed by atoms with Crippen molar-refractivity contribution < 1.29 is 28.5 Å². The Morgan fingerprint density at radius 2 is 1.67 bits per heavy atom. The average Bonchev–Trinajstić information content (AvgIpc) is 3.49. The first kappa shape index (κ1) is 19.2. The van der Waals surface area contributed by atoms with E-state index in [0.717, 1.165) is 28.9 Å². The number of benzene rings is 2. The molecule has 3 rings (SSSR count). The van der Waals surface area contributed by atoms with Crippen molar-refractivity contribution in [3.05, 3.63) is 48.6 Å². The molecule has 1 heterocycles. The monoisotopic (exact) mass is 372 g/mol. The molecule has 0 spiro atoms. The van der Waals surface area contributed by atoms with E-state index in [9.17, 15) is 4.79 Å². The number of epoxide rings is 1. The van der Waals surface area contributed by atoms with Gasteiger partial charge in [-0.15, -0.1) is 0 Å². The minimum Gasteiger partial charge on any atom is -0.491 e. The number of carbonyl (C=O) groups excluding carboxylic acids is 1. The van der Waals surface area contributed by atoms with Gasteiger partial charge in [0, 0.05) is 16.3 Å². The second-order valence-corrected chi connectivity index (χ2v) is 6.25. The molecule has 0 saturated carbocycles. The summed E-state index contributed by atoms with van der Waals surface area (Å²) < 4.78 is 27.3. The van der Waals surface area contributed by atoms with Crippen LogP contribution in [0.1, 0.15) is 6.92 Å². The van der Waals surface area contributed by atoms with E-state index in [1.165, 1.54) is 0 Å². The molecule has 1 atom stereocenters. The van der Waals surface area contributed by atoms with E-state index in [0.29, 0.717) is 32.0 Å². The van der Waals surface area contributed by atoms with E-state index in [4.69, 9.17) is 23.7 Å². The zero-order valence-electron chi connectivity index (χ0n) is 15.4. The van der Waals surface area contributed by atoms with Crippen LogP contribution in [-0.2, 0) is 19.0 Å². The van der Waals surface area contributed by atoms with Crippen LogP contribution in [0, 0.1) is 0 Å². The molecule has 144 valence electrons. The molecule has 2 aromatic carbocycles. The second-order valence-electron chi connectivity index (χ2n) is 6.25. The number of esters is 1. The second kappa shape index (κ2) is 9.39. The Kier molecular flexibility index (Phi) is 6.68. The molecule has 6 heteroatoms. The first-order valence-corrected chi connectivity index (χ1v) is 8.94. The number of hydrogen-bond donors (Lipinski definition) is 0. The highest BCUT2D eigenvalue weighted by Crippen LogP contribution is 2.32. The number of rotatable bonds is 11. The molecule has 0 bridgehead atoms. The maximum atomic E-state index is 11.2. The summed E-state index contributed by atoms with van der Waals surface area (Å²) in [6, 6.07) is 11.8. The number of carbonyl (C=O) groups is 1. The van der Waals surface area contributed by atoms with E-state index in [2.05, 4.69) is 6.58 Å². The van der Waals surface area contributed by atoms with Crippen molar-refractivity contribution in [3.63, 3.8) is 0 Å². The van der Waals surface area contributed by atoms with Crippen LogP contribution in [0.15, 0.2) is 48.6 Å². The van der Waals surface area contributed by atoms with Crippen LogP contribution in [0.2, 0.25) is 0 Å². The molecule has 1 aliphatic heterocycles. The van der Waals surface area contributed by atoms with Crippen molar-refractivity contribution in [3.8, 4) is 11.5 Å². The summed E-state index contributed by atoms with van der Waals surface area (Å²) in [6.45, 7) is 7.78. The molecule has 2 aromatic rings. The zero-order valence-corrected chi connectivity index (χ0v) is 15.4. The topological polar surface area (TPSA) is 66.5 Å². The standard InChI is InChI=1S/C21H24O6/c1-15(2)21(22)25-12-10-23-9-11-24-19-7-3-6-18-17(19)5-4-8-20(18)27-14-16-13-26-16/h3-8,16H,1,9-14H2,2H3. The molecule has 1 aliphatic rings. The van der Waals surface area contributed by atoms with E-state index in [-0.39, 0.29) is 12.7 Å². The Balaban J connectivity index is 1.46. The summed E-state index contributed by atoms with van der Waals surface area (Å²) in [4.78, 5) is 11.2. The minimum atomic E-state index is -0.406. The van der Waals surface area contributed by atoms with E-state index in [1.54, 1.807) is 6.92 Å². The lowest BCUT2D eigenvalue weighted by atomic mass is 10.1. The molecule has 27 heavy (non-hydrogen) atoms. The molecular weight excluding hydrogens is 348 g/mol. The molecule has 0 radical (unpaired) electrons. The van der Waals surface area contributed by atoms with Gasteiger partial charge in [0.05, 0.1) is 19.8 Å². The molecule has 0 N–H and O–H groups in total. The van der Waals surface area contributed by atoms with Crippen LogP contribution in [-0.4, -0.2) is 51.7 Å². The molecule has 1 unspecified atom stereocenters. The molecule has 0 aliphatic carbocycles. The Labute approximate surface area is 158 Å². The summed E-state index contributed by atoms with van der Waals surface area (Å²) in [6.07, 6.45) is 0.214. The van der Waals surface area contributed by atoms with Gasteiger partial charge in [-0.3, -0.25) is 0 Å². The first-order chi connectivity index (χ1) is 13.1. The Morgan fingerprint density at radius 3 is 2.30 bits per heavy atom. The van der Waals surface area contributed by atoms with E-state index >= 15 is 0 Å². The zero-order chi connectivity index (χ0) is 19.1. The lowest BCUT2D eigenvalue weighted by Crippen LogP contribution is -2.13. The van der Waals surface area contributed by atoms with Gasteiger partial charge >= 0.3 is 5.97 Å². The Morgan fingerprint density at radius 1 is 1.04 bits per heavy atom. The van der Waals surface area contributed by atoms with Crippen LogP contribution in [0.4, 0.5) is 0 Å². The highest BCUT2D eigenvalue weighted by Gasteiger charge is 2.23. The lowest BCUT2D eigenvalue weighted by molar-refractivity contribution is -0.140. The molecule has 6 nitrogen and oxygen atoms in total. The highest BCUT2D eigenvalue weighted by atomic mass is 16.6. The van der Waals surface area contributed by atoms with E-state index in [1.807, 2.05) is 36.4 Å². The van der Waals surface area contributed by atoms with Crippen LogP contribution in [0.3, 0.4) is 0 Å². The van der Waals surface area contributed by atoms with Gasteiger partial charge in [-0.1, -0.05) is 30.8 Å². The van der Waals surface area contributed by atoms with Gasteiger partial charge in [-0.05, 0) is 19.1 Å². The van der Waals surface area contributed by atoms with Crippen molar-refractivity contribution in [2.75, 3.05) is 39.6 Å². The fourth-order valence-corrected chi connectivity index (χ4v) is 2.48. The predicted octanol–water partition coefficient (Wildman–Crippen LogP) is 3.13. The number of fused-ring (bicyclic) bond motifs is 1. The van der Waals surface area contributed by atoms with Crippen molar-refractivity contribution in [2.24, 2.45) is 0 Å². The van der Waals surface area contributed by atoms with Gasteiger partial charge in [-0.25, -0.2) is 4.79 Å². The summed E-state index contributed by atoms with van der Waals surface area (Å²) in [7, 11) is 0. The molecule has 0 aromatic heterocycles. The van der Waals surface area contributed by atoms with Gasteiger partial charge in [0.1, 0.15) is 37.4 Å². The molecule has 1 fully saturated rings. The number of hydrogen-bond acceptors (Lipinski definition) is 6. The van der Waals surface area contributed by atoms with Crippen molar-refractivity contribution in [1.29, 1.82) is 0 Å². The highest BCUT2D eigenvalue weighted by molar-refractivity contribution is 5.93. The van der Waals surface area contributed by atoms with Crippen molar-refractivity contribution in [1.82, 2.24) is 0 Å². The van der Waals surface area contributed by atoms with Crippen LogP contribution in [0.25, 0.3) is 10.8 Å². The minimum absolute atomic E-state index is 0.200. The smallest absolute Gasteiger partial charge is 0.333 e. The van der Waals surface area contributed by atoms with Crippen molar-refractivity contribution >= 4 is 16.7 Å².